The van der Waals surface area contributed by atoms with Crippen LogP contribution in [0.1, 0.15) is 31.9 Å². The smallest absolute Gasteiger partial charge is 0.264 e. The largest absolute Gasteiger partial charge is 0.492 e. The Kier molecular flexibility index (Phi) is 10.5. The first-order valence-corrected chi connectivity index (χ1v) is 14.9. The average molecular weight is 617 g/mol. The Morgan fingerprint density at radius 2 is 1.62 bits per heavy atom. The molecule has 0 aromatic heterocycles. The summed E-state index contributed by atoms with van der Waals surface area (Å²) in [5.74, 6) is -0.524. The summed E-state index contributed by atoms with van der Waals surface area (Å²) in [7, 11) is -4.18. The van der Waals surface area contributed by atoms with E-state index in [1.165, 1.54) is 17.0 Å². The zero-order chi connectivity index (χ0) is 28.6. The highest BCUT2D eigenvalue weighted by Gasteiger charge is 2.33. The lowest BCUT2D eigenvalue weighted by atomic mass is 10.1. The number of amides is 2. The Morgan fingerprint density at radius 3 is 2.23 bits per heavy atom. The van der Waals surface area contributed by atoms with E-state index in [2.05, 4.69) is 21.2 Å². The molecule has 0 bridgehead atoms. The molecule has 0 unspecified atom stereocenters. The predicted molar refractivity (Wildman–Crippen MR) is 156 cm³/mol. The third kappa shape index (κ3) is 7.60. The van der Waals surface area contributed by atoms with Gasteiger partial charge in [0.2, 0.25) is 11.8 Å². The second-order valence-electron chi connectivity index (χ2n) is 8.94. The first kappa shape index (κ1) is 30.2. The van der Waals surface area contributed by atoms with Crippen LogP contribution in [0, 0.1) is 6.92 Å². The van der Waals surface area contributed by atoms with E-state index in [-0.39, 0.29) is 23.0 Å². The lowest BCUT2D eigenvalue weighted by Gasteiger charge is -2.32. The van der Waals surface area contributed by atoms with Crippen molar-refractivity contribution in [1.82, 2.24) is 10.2 Å². The molecule has 0 aliphatic heterocycles. The molecular weight excluding hydrogens is 582 g/mol. The van der Waals surface area contributed by atoms with Crippen LogP contribution in [-0.2, 0) is 26.2 Å². The van der Waals surface area contributed by atoms with Gasteiger partial charge >= 0.3 is 0 Å². The molecule has 3 aromatic rings. The number of ether oxygens (including phenoxy) is 1. The Balaban J connectivity index is 2.07. The van der Waals surface area contributed by atoms with Gasteiger partial charge in [-0.1, -0.05) is 57.9 Å². The molecular formula is C29H34BrN3O5S. The lowest BCUT2D eigenvalue weighted by Crippen LogP contribution is -2.51. The summed E-state index contributed by atoms with van der Waals surface area (Å²) >= 11 is 3.41. The van der Waals surface area contributed by atoms with Crippen LogP contribution in [0.25, 0.3) is 0 Å². The first-order valence-electron chi connectivity index (χ1n) is 12.7. The monoisotopic (exact) mass is 615 g/mol. The number of aryl methyl sites for hydroxylation is 1. The maximum absolute atomic E-state index is 14.0. The van der Waals surface area contributed by atoms with E-state index in [1.807, 2.05) is 31.2 Å². The zero-order valence-corrected chi connectivity index (χ0v) is 25.0. The molecule has 10 heteroatoms. The maximum Gasteiger partial charge on any atom is 0.264 e. The summed E-state index contributed by atoms with van der Waals surface area (Å²) in [6.07, 6.45) is 0. The molecule has 0 spiro atoms. The summed E-state index contributed by atoms with van der Waals surface area (Å²) in [6, 6.07) is 19.7. The number of benzene rings is 3. The average Bonchev–Trinajstić information content (AvgIpc) is 2.92. The zero-order valence-electron chi connectivity index (χ0n) is 22.6. The number of carbonyl (C=O) groups is 2. The molecule has 3 aromatic carbocycles. The van der Waals surface area contributed by atoms with Crippen molar-refractivity contribution >= 4 is 43.5 Å². The first-order chi connectivity index (χ1) is 18.6. The van der Waals surface area contributed by atoms with Crippen molar-refractivity contribution in [2.75, 3.05) is 24.0 Å². The minimum absolute atomic E-state index is 0.0448. The number of nitrogens with zero attached hydrogens (tertiary/aromatic N) is 2. The summed E-state index contributed by atoms with van der Waals surface area (Å²) < 4.78 is 35.6. The van der Waals surface area contributed by atoms with Crippen molar-refractivity contribution in [3.8, 4) is 5.75 Å². The molecule has 1 atom stereocenters. The van der Waals surface area contributed by atoms with Crippen LogP contribution in [0.15, 0.2) is 82.2 Å². The number of carbonyl (C=O) groups excluding carboxylic acids is 2. The van der Waals surface area contributed by atoms with E-state index in [1.54, 1.807) is 57.2 Å². The van der Waals surface area contributed by atoms with Crippen LogP contribution in [0.5, 0.6) is 5.75 Å². The SMILES string of the molecule is CCNC(=O)[C@@H](C)N(Cc1ccc(Br)cc1)C(=O)CN(c1ccccc1OCC)S(=O)(=O)c1ccc(C)cc1. The van der Waals surface area contributed by atoms with Gasteiger partial charge in [-0.3, -0.25) is 13.9 Å². The number of hydrogen-bond donors (Lipinski definition) is 1. The lowest BCUT2D eigenvalue weighted by molar-refractivity contribution is -0.139. The molecule has 208 valence electrons. The molecule has 39 heavy (non-hydrogen) atoms. The molecule has 0 aliphatic rings. The van der Waals surface area contributed by atoms with E-state index >= 15 is 0 Å². The number of hydrogen-bond acceptors (Lipinski definition) is 5. The van der Waals surface area contributed by atoms with Gasteiger partial charge in [0, 0.05) is 17.6 Å². The number of anilines is 1. The van der Waals surface area contributed by atoms with Gasteiger partial charge in [-0.25, -0.2) is 8.42 Å². The number of nitrogens with one attached hydrogen (secondary N) is 1. The van der Waals surface area contributed by atoms with E-state index in [0.717, 1.165) is 19.9 Å². The van der Waals surface area contributed by atoms with Crippen LogP contribution in [0.2, 0.25) is 0 Å². The fourth-order valence-corrected chi connectivity index (χ4v) is 5.67. The highest BCUT2D eigenvalue weighted by Crippen LogP contribution is 2.33. The fraction of sp³-hybridized carbons (Fsp3) is 0.310. The predicted octanol–water partition coefficient (Wildman–Crippen LogP) is 4.90. The quantitative estimate of drug-likeness (QED) is 0.312. The van der Waals surface area contributed by atoms with Gasteiger partial charge in [-0.05, 0) is 69.7 Å². The molecule has 2 amide bonds. The van der Waals surface area contributed by atoms with Crippen LogP contribution >= 0.6 is 15.9 Å². The van der Waals surface area contributed by atoms with E-state index in [4.69, 9.17) is 4.74 Å². The van der Waals surface area contributed by atoms with Crippen LogP contribution in [0.3, 0.4) is 0 Å². The molecule has 0 fully saturated rings. The van der Waals surface area contributed by atoms with Crippen molar-refractivity contribution in [1.29, 1.82) is 0 Å². The number of rotatable bonds is 12. The molecule has 0 heterocycles. The summed E-state index contributed by atoms with van der Waals surface area (Å²) in [4.78, 5) is 28.2. The Hall–Kier alpha value is -3.37. The number of halogens is 1. The summed E-state index contributed by atoms with van der Waals surface area (Å²) in [5, 5.41) is 2.76. The van der Waals surface area contributed by atoms with Crippen LogP contribution in [-0.4, -0.2) is 50.9 Å². The maximum atomic E-state index is 14.0. The van der Waals surface area contributed by atoms with Crippen molar-refractivity contribution < 1.29 is 22.7 Å². The third-order valence-corrected chi connectivity index (χ3v) is 8.41. The van der Waals surface area contributed by atoms with Crippen molar-refractivity contribution in [3.05, 3.63) is 88.4 Å². The highest BCUT2D eigenvalue weighted by molar-refractivity contribution is 9.10. The highest BCUT2D eigenvalue weighted by atomic mass is 79.9. The van der Waals surface area contributed by atoms with Gasteiger partial charge < -0.3 is 15.0 Å². The molecule has 8 nitrogen and oxygen atoms in total. The Labute approximate surface area is 239 Å². The fourth-order valence-electron chi connectivity index (χ4n) is 3.98. The van der Waals surface area contributed by atoms with E-state index < -0.39 is 28.5 Å². The standard InChI is InChI=1S/C29H34BrN3O5S/c1-5-31-29(35)22(4)32(19-23-13-15-24(30)16-14-23)28(34)20-33(26-9-7-8-10-27(26)38-6-2)39(36,37)25-17-11-21(3)12-18-25/h7-18,22H,5-6,19-20H2,1-4H3,(H,31,35)/t22-/m1/s1. The van der Waals surface area contributed by atoms with E-state index in [9.17, 15) is 18.0 Å². The summed E-state index contributed by atoms with van der Waals surface area (Å²) in [5.41, 5.74) is 1.94. The number of sulfonamides is 1. The molecule has 3 rings (SSSR count). The summed E-state index contributed by atoms with van der Waals surface area (Å²) in [6.45, 7) is 7.41. The second kappa shape index (κ2) is 13.6. The van der Waals surface area contributed by atoms with Crippen molar-refractivity contribution in [3.63, 3.8) is 0 Å². The number of para-hydroxylation sites is 2. The topological polar surface area (TPSA) is 96.0 Å². The second-order valence-corrected chi connectivity index (χ2v) is 11.7. The molecule has 0 aliphatic carbocycles. The van der Waals surface area contributed by atoms with Gasteiger partial charge in [0.25, 0.3) is 10.0 Å². The Bertz CT molecular complexity index is 1380. The molecule has 0 saturated heterocycles. The van der Waals surface area contributed by atoms with Crippen LogP contribution < -0.4 is 14.4 Å². The number of likely N-dealkylation sites (N-methyl/N-ethyl adjacent to an activating group) is 1. The minimum Gasteiger partial charge on any atom is -0.492 e. The van der Waals surface area contributed by atoms with Crippen molar-refractivity contribution in [2.45, 2.75) is 45.2 Å². The third-order valence-electron chi connectivity index (χ3n) is 6.11. The van der Waals surface area contributed by atoms with Gasteiger partial charge in [-0.15, -0.1) is 0 Å². The van der Waals surface area contributed by atoms with Gasteiger partial charge in [-0.2, -0.15) is 0 Å². The normalized spacial score (nSPS) is 11.9. The molecule has 0 saturated carbocycles. The van der Waals surface area contributed by atoms with Gasteiger partial charge in [0.1, 0.15) is 18.3 Å². The minimum atomic E-state index is -4.18. The van der Waals surface area contributed by atoms with Crippen molar-refractivity contribution in [2.24, 2.45) is 0 Å². The Morgan fingerprint density at radius 1 is 0.974 bits per heavy atom. The van der Waals surface area contributed by atoms with E-state index in [0.29, 0.717) is 18.9 Å². The molecule has 0 radical (unpaired) electrons. The van der Waals surface area contributed by atoms with Crippen LogP contribution in [0.4, 0.5) is 5.69 Å². The van der Waals surface area contributed by atoms with Gasteiger partial charge in [0.05, 0.1) is 17.2 Å². The molecule has 1 N–H and O–H groups in total. The van der Waals surface area contributed by atoms with Gasteiger partial charge in [0.15, 0.2) is 0 Å².